The fourth-order valence-corrected chi connectivity index (χ4v) is 5.02. The van der Waals surface area contributed by atoms with E-state index in [0.717, 1.165) is 30.9 Å². The molecule has 7 heteroatoms. The molecular weight excluding hydrogens is 421 g/mol. The van der Waals surface area contributed by atoms with Crippen LogP contribution in [-0.4, -0.2) is 29.6 Å². The molecule has 5 rings (SSSR count). The lowest BCUT2D eigenvalue weighted by molar-refractivity contribution is -0.164. The van der Waals surface area contributed by atoms with E-state index >= 15 is 0 Å². The molecule has 0 aromatic heterocycles. The molecule has 3 aliphatic rings. The summed E-state index contributed by atoms with van der Waals surface area (Å²) in [5.41, 5.74) is 1.26. The van der Waals surface area contributed by atoms with Crippen LogP contribution in [-0.2, 0) is 16.0 Å². The molecule has 0 radical (unpaired) electrons. The van der Waals surface area contributed by atoms with Crippen molar-refractivity contribution in [3.05, 3.63) is 64.4 Å². The number of nitrogens with one attached hydrogen (secondary N) is 1. The Bertz CT molecular complexity index is 1030. The monoisotopic (exact) mass is 443 g/mol. The van der Waals surface area contributed by atoms with Crippen LogP contribution >= 0.6 is 11.6 Å². The van der Waals surface area contributed by atoms with Crippen molar-refractivity contribution >= 4 is 29.1 Å². The third-order valence-electron chi connectivity index (χ3n) is 6.07. The number of Topliss-reactive ketones (excluding diaryl/α,β-unsaturated/α-hetero) is 2. The van der Waals surface area contributed by atoms with Gasteiger partial charge < -0.3 is 10.1 Å². The molecule has 5 nitrogen and oxygen atoms in total. The Labute approximate surface area is 184 Å². The van der Waals surface area contributed by atoms with Gasteiger partial charge in [0.15, 0.2) is 12.4 Å². The quantitative estimate of drug-likeness (QED) is 0.586. The standard InChI is InChI=1S/C24H23ClFNO4/c1-15(28)8-16-2-4-17(5-3-16)21(29)10-23-12-24(13-23,14-23)27-22(30)11-31-18-6-7-19(25)20(26)9-18/h2-7,9H,8,10-14H2,1H3,(H,27,30). The fourth-order valence-electron chi connectivity index (χ4n) is 4.90. The normalized spacial score (nSPS) is 23.3. The fraction of sp³-hybridized carbons (Fsp3) is 0.375. The van der Waals surface area contributed by atoms with E-state index in [-0.39, 0.29) is 45.8 Å². The second kappa shape index (κ2) is 8.08. The molecule has 3 fully saturated rings. The van der Waals surface area contributed by atoms with Gasteiger partial charge in [-0.25, -0.2) is 4.39 Å². The van der Waals surface area contributed by atoms with E-state index in [1.165, 1.54) is 12.1 Å². The number of ketones is 2. The lowest BCUT2D eigenvalue weighted by Gasteiger charge is -2.70. The number of carbonyl (C=O) groups is 3. The summed E-state index contributed by atoms with van der Waals surface area (Å²) < 4.78 is 18.8. The molecule has 3 aliphatic carbocycles. The van der Waals surface area contributed by atoms with E-state index in [0.29, 0.717) is 18.4 Å². The van der Waals surface area contributed by atoms with E-state index in [1.807, 2.05) is 12.1 Å². The van der Waals surface area contributed by atoms with Crippen LogP contribution in [0.5, 0.6) is 5.75 Å². The van der Waals surface area contributed by atoms with Crippen molar-refractivity contribution in [1.29, 1.82) is 0 Å². The second-order valence-electron chi connectivity index (χ2n) is 8.90. The van der Waals surface area contributed by atoms with Crippen LogP contribution in [0.1, 0.15) is 48.5 Å². The van der Waals surface area contributed by atoms with Crippen molar-refractivity contribution in [3.8, 4) is 5.75 Å². The SMILES string of the molecule is CC(=O)Cc1ccc(C(=O)CC23CC(NC(=O)COc4ccc(Cl)c(F)c4)(C2)C3)cc1. The van der Waals surface area contributed by atoms with Crippen LogP contribution < -0.4 is 10.1 Å². The Balaban J connectivity index is 1.23. The number of carbonyl (C=O) groups excluding carboxylic acids is 3. The van der Waals surface area contributed by atoms with Crippen molar-refractivity contribution in [3.63, 3.8) is 0 Å². The number of rotatable bonds is 9. The van der Waals surface area contributed by atoms with E-state index in [2.05, 4.69) is 5.32 Å². The molecule has 31 heavy (non-hydrogen) atoms. The first-order valence-electron chi connectivity index (χ1n) is 10.2. The molecule has 2 aromatic rings. The summed E-state index contributed by atoms with van der Waals surface area (Å²) in [4.78, 5) is 36.0. The Morgan fingerprint density at radius 1 is 1.10 bits per heavy atom. The van der Waals surface area contributed by atoms with Crippen LogP contribution in [0.25, 0.3) is 0 Å². The minimum Gasteiger partial charge on any atom is -0.484 e. The molecule has 0 saturated heterocycles. The minimum absolute atomic E-state index is 0.00230. The highest BCUT2D eigenvalue weighted by atomic mass is 35.5. The lowest BCUT2D eigenvalue weighted by atomic mass is 9.38. The molecule has 0 atom stereocenters. The number of hydrogen-bond donors (Lipinski definition) is 1. The molecule has 0 aliphatic heterocycles. The summed E-state index contributed by atoms with van der Waals surface area (Å²) in [5.74, 6) is -0.450. The smallest absolute Gasteiger partial charge is 0.258 e. The van der Waals surface area contributed by atoms with Crippen LogP contribution in [0.2, 0.25) is 5.02 Å². The zero-order valence-electron chi connectivity index (χ0n) is 17.2. The van der Waals surface area contributed by atoms with Crippen LogP contribution in [0.4, 0.5) is 4.39 Å². The van der Waals surface area contributed by atoms with E-state index < -0.39 is 5.82 Å². The predicted octanol–water partition coefficient (Wildman–Crippen LogP) is 4.30. The number of hydrogen-bond acceptors (Lipinski definition) is 4. The summed E-state index contributed by atoms with van der Waals surface area (Å²) >= 11 is 5.63. The Morgan fingerprint density at radius 3 is 2.39 bits per heavy atom. The maximum absolute atomic E-state index is 13.4. The Kier molecular flexibility index (Phi) is 5.60. The summed E-state index contributed by atoms with van der Waals surface area (Å²) in [7, 11) is 0. The number of benzene rings is 2. The van der Waals surface area contributed by atoms with Crippen molar-refractivity contribution < 1.29 is 23.5 Å². The van der Waals surface area contributed by atoms with E-state index in [1.54, 1.807) is 19.1 Å². The molecular formula is C24H23ClFNO4. The molecule has 0 unspecified atom stereocenters. The number of halogens is 2. The van der Waals surface area contributed by atoms with Gasteiger partial charge in [-0.15, -0.1) is 0 Å². The summed E-state index contributed by atoms with van der Waals surface area (Å²) in [6.45, 7) is 1.33. The van der Waals surface area contributed by atoms with Crippen LogP contribution in [0, 0.1) is 11.2 Å². The highest BCUT2D eigenvalue weighted by Gasteiger charge is 2.68. The minimum atomic E-state index is -0.598. The van der Waals surface area contributed by atoms with Crippen molar-refractivity contribution in [2.45, 2.75) is 44.6 Å². The summed E-state index contributed by atoms with van der Waals surface area (Å²) in [5, 5.41) is 2.99. The molecule has 1 N–H and O–H groups in total. The van der Waals surface area contributed by atoms with Gasteiger partial charge in [-0.1, -0.05) is 35.9 Å². The molecule has 1 amide bonds. The van der Waals surface area contributed by atoms with Crippen LogP contribution in [0.3, 0.4) is 0 Å². The summed E-state index contributed by atoms with van der Waals surface area (Å²) in [6, 6.07) is 11.2. The van der Waals surface area contributed by atoms with Gasteiger partial charge in [0, 0.05) is 30.0 Å². The maximum Gasteiger partial charge on any atom is 0.258 e. The van der Waals surface area contributed by atoms with Gasteiger partial charge in [-0.05, 0) is 49.3 Å². The molecule has 162 valence electrons. The Hall–Kier alpha value is -2.73. The van der Waals surface area contributed by atoms with Crippen molar-refractivity contribution in [2.24, 2.45) is 5.41 Å². The van der Waals surface area contributed by atoms with Gasteiger partial charge in [0.25, 0.3) is 5.91 Å². The third kappa shape index (κ3) is 4.64. The third-order valence-corrected chi connectivity index (χ3v) is 6.38. The highest BCUT2D eigenvalue weighted by molar-refractivity contribution is 6.30. The maximum atomic E-state index is 13.4. The second-order valence-corrected chi connectivity index (χ2v) is 9.31. The average Bonchev–Trinajstić information content (AvgIpc) is 2.66. The number of ether oxygens (including phenoxy) is 1. The zero-order valence-corrected chi connectivity index (χ0v) is 17.9. The topological polar surface area (TPSA) is 72.5 Å². The van der Waals surface area contributed by atoms with Crippen molar-refractivity contribution in [1.82, 2.24) is 5.32 Å². The highest BCUT2D eigenvalue weighted by Crippen LogP contribution is 2.69. The van der Waals surface area contributed by atoms with Crippen molar-refractivity contribution in [2.75, 3.05) is 6.61 Å². The van der Waals surface area contributed by atoms with E-state index in [9.17, 15) is 18.8 Å². The average molecular weight is 444 g/mol. The number of amides is 1. The first-order chi connectivity index (χ1) is 14.7. The Morgan fingerprint density at radius 2 is 1.77 bits per heavy atom. The van der Waals surface area contributed by atoms with Gasteiger partial charge in [-0.2, -0.15) is 0 Å². The molecule has 3 saturated carbocycles. The van der Waals surface area contributed by atoms with Crippen LogP contribution in [0.15, 0.2) is 42.5 Å². The van der Waals surface area contributed by atoms with E-state index in [4.69, 9.17) is 16.3 Å². The van der Waals surface area contributed by atoms with Gasteiger partial charge in [0.1, 0.15) is 17.3 Å². The molecule has 0 spiro atoms. The zero-order chi connectivity index (χ0) is 22.2. The van der Waals surface area contributed by atoms with Gasteiger partial charge in [-0.3, -0.25) is 14.4 Å². The molecule has 0 heterocycles. The molecule has 2 bridgehead atoms. The predicted molar refractivity (Wildman–Crippen MR) is 114 cm³/mol. The van der Waals surface area contributed by atoms with Gasteiger partial charge in [0.2, 0.25) is 0 Å². The van der Waals surface area contributed by atoms with Gasteiger partial charge in [0.05, 0.1) is 5.02 Å². The first kappa shape index (κ1) is 21.5. The largest absolute Gasteiger partial charge is 0.484 e. The summed E-state index contributed by atoms with van der Waals surface area (Å²) in [6.07, 6.45) is 3.15. The van der Waals surface area contributed by atoms with Gasteiger partial charge >= 0.3 is 0 Å². The first-order valence-corrected chi connectivity index (χ1v) is 10.6. The lowest BCUT2D eigenvalue weighted by Crippen LogP contribution is -2.75. The molecule has 2 aromatic carbocycles.